The third kappa shape index (κ3) is 3.32. The molecular weight excluding hydrogens is 282 g/mol. The Kier molecular flexibility index (Phi) is 4.34. The molecule has 2 heterocycles. The van der Waals surface area contributed by atoms with Crippen molar-refractivity contribution in [3.05, 3.63) is 57.3 Å². The summed E-state index contributed by atoms with van der Waals surface area (Å²) < 4.78 is 0. The summed E-state index contributed by atoms with van der Waals surface area (Å²) in [5.41, 5.74) is 5.91. The monoisotopic (exact) mass is 301 g/mol. The number of nitrogens with zero attached hydrogens (tertiary/aromatic N) is 1. The lowest BCUT2D eigenvalue weighted by Crippen LogP contribution is -2.32. The predicted molar refractivity (Wildman–Crippen MR) is 84.6 cm³/mol. The highest BCUT2D eigenvalue weighted by atomic mass is 32.1. The Bertz CT molecular complexity index is 638. The number of thiophene rings is 1. The van der Waals surface area contributed by atoms with Crippen molar-refractivity contribution in [2.24, 2.45) is 5.84 Å². The zero-order chi connectivity index (χ0) is 14.7. The molecule has 0 radical (unpaired) electrons. The van der Waals surface area contributed by atoms with Crippen molar-refractivity contribution >= 4 is 17.2 Å². The second kappa shape index (κ2) is 6.39. The van der Waals surface area contributed by atoms with Crippen LogP contribution in [0.15, 0.2) is 35.7 Å². The number of carbonyl (C=O) groups is 1. The topological polar surface area (TPSA) is 58.4 Å². The zero-order valence-corrected chi connectivity index (χ0v) is 12.7. The molecule has 0 saturated heterocycles. The van der Waals surface area contributed by atoms with E-state index in [4.69, 9.17) is 5.84 Å². The Hall–Kier alpha value is -1.69. The van der Waals surface area contributed by atoms with Gasteiger partial charge in [-0.3, -0.25) is 15.1 Å². The molecule has 0 aliphatic carbocycles. The quantitative estimate of drug-likeness (QED) is 0.515. The van der Waals surface area contributed by atoms with E-state index in [1.54, 1.807) is 0 Å². The molecule has 4 nitrogen and oxygen atoms in total. The van der Waals surface area contributed by atoms with Gasteiger partial charge in [-0.15, -0.1) is 11.3 Å². The van der Waals surface area contributed by atoms with Gasteiger partial charge in [-0.25, -0.2) is 5.84 Å². The first-order valence-corrected chi connectivity index (χ1v) is 7.98. The van der Waals surface area contributed by atoms with Crippen molar-refractivity contribution in [2.45, 2.75) is 25.9 Å². The molecule has 0 bridgehead atoms. The standard InChI is InChI=1S/C16H19N3OS/c17-18-16(20)9-12-3-1-2-4-13(12)10-19-7-5-15-14(11-19)6-8-21-15/h1-4,6,8H,5,7,9-11,17H2,(H,18,20). The molecular formula is C16H19N3OS. The molecule has 2 aromatic rings. The molecule has 1 amide bonds. The lowest BCUT2D eigenvalue weighted by atomic mass is 10.0. The second-order valence-corrected chi connectivity index (χ2v) is 6.34. The first-order chi connectivity index (χ1) is 10.3. The van der Waals surface area contributed by atoms with Gasteiger partial charge in [-0.1, -0.05) is 24.3 Å². The van der Waals surface area contributed by atoms with Crippen LogP contribution in [0.25, 0.3) is 0 Å². The summed E-state index contributed by atoms with van der Waals surface area (Å²) in [6.07, 6.45) is 1.46. The number of nitrogens with two attached hydrogens (primary N) is 1. The van der Waals surface area contributed by atoms with E-state index < -0.39 is 0 Å². The third-order valence-corrected chi connectivity index (χ3v) is 4.93. The number of benzene rings is 1. The minimum atomic E-state index is -0.152. The van der Waals surface area contributed by atoms with Crippen molar-refractivity contribution in [3.63, 3.8) is 0 Å². The van der Waals surface area contributed by atoms with Crippen molar-refractivity contribution in [1.29, 1.82) is 0 Å². The number of hydrogen-bond acceptors (Lipinski definition) is 4. The molecule has 1 aromatic carbocycles. The van der Waals surface area contributed by atoms with E-state index in [0.717, 1.165) is 31.6 Å². The van der Waals surface area contributed by atoms with Crippen LogP contribution in [0.5, 0.6) is 0 Å². The van der Waals surface area contributed by atoms with Crippen molar-refractivity contribution in [1.82, 2.24) is 10.3 Å². The van der Waals surface area contributed by atoms with Crippen LogP contribution in [-0.4, -0.2) is 17.4 Å². The Balaban J connectivity index is 1.72. The molecule has 0 spiro atoms. The zero-order valence-electron chi connectivity index (χ0n) is 11.8. The van der Waals surface area contributed by atoms with E-state index >= 15 is 0 Å². The summed E-state index contributed by atoms with van der Waals surface area (Å²) in [5.74, 6) is 5.04. The Morgan fingerprint density at radius 3 is 2.90 bits per heavy atom. The van der Waals surface area contributed by atoms with E-state index in [0.29, 0.717) is 6.42 Å². The van der Waals surface area contributed by atoms with E-state index in [1.165, 1.54) is 16.0 Å². The maximum Gasteiger partial charge on any atom is 0.238 e. The highest BCUT2D eigenvalue weighted by Crippen LogP contribution is 2.25. The summed E-state index contributed by atoms with van der Waals surface area (Å²) in [4.78, 5) is 15.5. The summed E-state index contributed by atoms with van der Waals surface area (Å²) in [5, 5.41) is 2.17. The minimum Gasteiger partial charge on any atom is -0.294 e. The van der Waals surface area contributed by atoms with Gasteiger partial charge in [0, 0.05) is 24.5 Å². The molecule has 1 aliphatic heterocycles. The Morgan fingerprint density at radius 1 is 1.29 bits per heavy atom. The number of nitrogens with one attached hydrogen (secondary N) is 1. The highest BCUT2D eigenvalue weighted by Gasteiger charge is 2.18. The van der Waals surface area contributed by atoms with E-state index in [9.17, 15) is 4.79 Å². The van der Waals surface area contributed by atoms with Crippen molar-refractivity contribution < 1.29 is 4.79 Å². The summed E-state index contributed by atoms with van der Waals surface area (Å²) in [7, 11) is 0. The first kappa shape index (κ1) is 14.3. The fourth-order valence-corrected chi connectivity index (χ4v) is 3.68. The van der Waals surface area contributed by atoms with E-state index in [-0.39, 0.29) is 5.91 Å². The molecule has 1 aliphatic rings. The van der Waals surface area contributed by atoms with Crippen LogP contribution >= 0.6 is 11.3 Å². The van der Waals surface area contributed by atoms with Crippen LogP contribution < -0.4 is 11.3 Å². The average Bonchev–Trinajstić information content (AvgIpc) is 2.96. The molecule has 0 unspecified atom stereocenters. The lowest BCUT2D eigenvalue weighted by molar-refractivity contribution is -0.120. The van der Waals surface area contributed by atoms with Crippen LogP contribution in [-0.2, 0) is 30.7 Å². The fourth-order valence-electron chi connectivity index (χ4n) is 2.79. The van der Waals surface area contributed by atoms with Gasteiger partial charge in [0.25, 0.3) is 0 Å². The van der Waals surface area contributed by atoms with Gasteiger partial charge in [0.1, 0.15) is 0 Å². The number of fused-ring (bicyclic) bond motifs is 1. The number of hydrogen-bond donors (Lipinski definition) is 2. The Labute approximate surface area is 128 Å². The number of rotatable bonds is 4. The minimum absolute atomic E-state index is 0.152. The maximum absolute atomic E-state index is 11.5. The van der Waals surface area contributed by atoms with Gasteiger partial charge < -0.3 is 0 Å². The van der Waals surface area contributed by atoms with Gasteiger partial charge in [0.2, 0.25) is 5.91 Å². The van der Waals surface area contributed by atoms with Gasteiger partial charge in [-0.2, -0.15) is 0 Å². The second-order valence-electron chi connectivity index (χ2n) is 5.34. The molecule has 1 aromatic heterocycles. The SMILES string of the molecule is NNC(=O)Cc1ccccc1CN1CCc2sccc2C1. The summed E-state index contributed by atoms with van der Waals surface area (Å²) >= 11 is 1.85. The molecule has 0 atom stereocenters. The van der Waals surface area contributed by atoms with Crippen molar-refractivity contribution in [2.75, 3.05) is 6.54 Å². The molecule has 21 heavy (non-hydrogen) atoms. The van der Waals surface area contributed by atoms with Gasteiger partial charge in [0.15, 0.2) is 0 Å². The van der Waals surface area contributed by atoms with Crippen LogP contribution in [0.4, 0.5) is 0 Å². The Morgan fingerprint density at radius 2 is 2.10 bits per heavy atom. The van der Waals surface area contributed by atoms with Crippen molar-refractivity contribution in [3.8, 4) is 0 Å². The molecule has 0 saturated carbocycles. The highest BCUT2D eigenvalue weighted by molar-refractivity contribution is 7.10. The number of hydrazine groups is 1. The summed E-state index contributed by atoms with van der Waals surface area (Å²) in [6, 6.07) is 10.3. The predicted octanol–water partition coefficient (Wildman–Crippen LogP) is 1.84. The fraction of sp³-hybridized carbons (Fsp3) is 0.312. The summed E-state index contributed by atoms with van der Waals surface area (Å²) in [6.45, 7) is 2.95. The number of amides is 1. The van der Waals surface area contributed by atoms with E-state index in [2.05, 4.69) is 27.8 Å². The van der Waals surface area contributed by atoms with Crippen LogP contribution in [0.3, 0.4) is 0 Å². The smallest absolute Gasteiger partial charge is 0.238 e. The number of carbonyl (C=O) groups excluding carboxylic acids is 1. The molecule has 0 fully saturated rings. The molecule has 3 rings (SSSR count). The molecule has 110 valence electrons. The third-order valence-electron chi connectivity index (χ3n) is 3.91. The van der Waals surface area contributed by atoms with Gasteiger partial charge in [-0.05, 0) is 34.6 Å². The molecule has 5 heteroatoms. The van der Waals surface area contributed by atoms with E-state index in [1.807, 2.05) is 29.5 Å². The lowest BCUT2D eigenvalue weighted by Gasteiger charge is -2.27. The first-order valence-electron chi connectivity index (χ1n) is 7.10. The largest absolute Gasteiger partial charge is 0.294 e. The van der Waals surface area contributed by atoms with Gasteiger partial charge in [0.05, 0.1) is 6.42 Å². The van der Waals surface area contributed by atoms with Crippen LogP contribution in [0.2, 0.25) is 0 Å². The van der Waals surface area contributed by atoms with Crippen LogP contribution in [0.1, 0.15) is 21.6 Å². The normalized spacial score (nSPS) is 14.7. The average molecular weight is 301 g/mol. The van der Waals surface area contributed by atoms with Gasteiger partial charge >= 0.3 is 0 Å². The maximum atomic E-state index is 11.5. The van der Waals surface area contributed by atoms with Crippen LogP contribution in [0, 0.1) is 0 Å². The molecule has 3 N–H and O–H groups in total.